The summed E-state index contributed by atoms with van der Waals surface area (Å²) in [5.41, 5.74) is -4.16. The molecule has 19 heavy (non-hydrogen) atoms. The smallest absolute Gasteiger partial charge is 0.406 e. The number of likely N-dealkylation sites (tertiary alicyclic amines) is 1. The molecule has 1 unspecified atom stereocenters. The summed E-state index contributed by atoms with van der Waals surface area (Å²) < 4.78 is 43.7. The molecule has 0 aliphatic carbocycles. The molecule has 8 heteroatoms. The van der Waals surface area contributed by atoms with Crippen molar-refractivity contribution >= 4 is 11.9 Å². The molecule has 0 radical (unpaired) electrons. The van der Waals surface area contributed by atoms with Crippen LogP contribution in [0.2, 0.25) is 0 Å². The Bertz CT molecular complexity index is 394. The van der Waals surface area contributed by atoms with Crippen molar-refractivity contribution in [3.63, 3.8) is 0 Å². The Morgan fingerprint density at radius 2 is 1.84 bits per heavy atom. The predicted octanol–water partition coefficient (Wildman–Crippen LogP) is 1.28. The van der Waals surface area contributed by atoms with Crippen molar-refractivity contribution in [3.8, 4) is 0 Å². The molecule has 5 nitrogen and oxygen atoms in total. The molecule has 0 spiro atoms. The van der Waals surface area contributed by atoms with Gasteiger partial charge in [-0.25, -0.2) is 0 Å². The molecule has 1 aliphatic heterocycles. The molecule has 0 aromatic heterocycles. The number of hydrogen-bond acceptors (Lipinski definition) is 3. The number of alkyl halides is 3. The van der Waals surface area contributed by atoms with Crippen LogP contribution in [-0.2, 0) is 14.3 Å². The standard InChI is InChI=1S/C11H16F3NO4/c1-9(2,19-3)7(16)15-5-4-10(6-15,8(17)18)11(12,13)14/h4-6H2,1-3H3,(H,17,18). The highest BCUT2D eigenvalue weighted by Crippen LogP contribution is 2.46. The van der Waals surface area contributed by atoms with Crippen LogP contribution in [0.15, 0.2) is 0 Å². The summed E-state index contributed by atoms with van der Waals surface area (Å²) in [7, 11) is 1.27. The number of rotatable bonds is 3. The van der Waals surface area contributed by atoms with Gasteiger partial charge < -0.3 is 14.7 Å². The van der Waals surface area contributed by atoms with Crippen LogP contribution in [-0.4, -0.2) is 53.9 Å². The van der Waals surface area contributed by atoms with Crippen LogP contribution in [0.5, 0.6) is 0 Å². The molecule has 1 amide bonds. The van der Waals surface area contributed by atoms with E-state index >= 15 is 0 Å². The summed E-state index contributed by atoms with van der Waals surface area (Å²) in [5.74, 6) is -2.60. The maximum Gasteiger partial charge on any atom is 0.406 e. The van der Waals surface area contributed by atoms with Crippen molar-refractivity contribution in [1.29, 1.82) is 0 Å². The fraction of sp³-hybridized carbons (Fsp3) is 0.818. The highest BCUT2D eigenvalue weighted by Gasteiger charge is 2.64. The van der Waals surface area contributed by atoms with Gasteiger partial charge in [0.25, 0.3) is 5.91 Å². The van der Waals surface area contributed by atoms with Gasteiger partial charge in [-0.15, -0.1) is 0 Å². The summed E-state index contributed by atoms with van der Waals surface area (Å²) >= 11 is 0. The summed E-state index contributed by atoms with van der Waals surface area (Å²) in [5, 5.41) is 8.87. The second kappa shape index (κ2) is 4.66. The van der Waals surface area contributed by atoms with Gasteiger partial charge in [-0.3, -0.25) is 9.59 Å². The van der Waals surface area contributed by atoms with Crippen molar-refractivity contribution in [2.45, 2.75) is 32.0 Å². The number of methoxy groups -OCH3 is 1. The Hall–Kier alpha value is -1.31. The van der Waals surface area contributed by atoms with Crippen LogP contribution < -0.4 is 0 Å². The first-order valence-corrected chi connectivity index (χ1v) is 5.62. The number of carbonyl (C=O) groups is 2. The largest absolute Gasteiger partial charge is 0.481 e. The van der Waals surface area contributed by atoms with Gasteiger partial charge >= 0.3 is 12.1 Å². The van der Waals surface area contributed by atoms with Crippen LogP contribution in [0.25, 0.3) is 0 Å². The van der Waals surface area contributed by atoms with E-state index in [0.29, 0.717) is 0 Å². The van der Waals surface area contributed by atoms with Crippen LogP contribution in [0, 0.1) is 5.41 Å². The average molecular weight is 283 g/mol. The normalized spacial score (nSPS) is 24.6. The van der Waals surface area contributed by atoms with Crippen LogP contribution >= 0.6 is 0 Å². The molecule has 0 saturated carbocycles. The maximum atomic E-state index is 12.9. The first kappa shape index (κ1) is 15.7. The minimum absolute atomic E-state index is 0.253. The second-order valence-electron chi connectivity index (χ2n) is 5.08. The van der Waals surface area contributed by atoms with E-state index in [0.717, 1.165) is 4.90 Å². The summed E-state index contributed by atoms with van der Waals surface area (Å²) in [6, 6.07) is 0. The number of amides is 1. The van der Waals surface area contributed by atoms with Crippen molar-refractivity contribution in [1.82, 2.24) is 4.90 Å². The zero-order valence-corrected chi connectivity index (χ0v) is 10.9. The lowest BCUT2D eigenvalue weighted by molar-refractivity contribution is -0.227. The number of halogens is 3. The molecule has 1 rings (SSSR count). The van der Waals surface area contributed by atoms with Crippen molar-refractivity contribution in [3.05, 3.63) is 0 Å². The van der Waals surface area contributed by atoms with Gasteiger partial charge in [0.1, 0.15) is 5.60 Å². The predicted molar refractivity (Wildman–Crippen MR) is 58.4 cm³/mol. The zero-order valence-electron chi connectivity index (χ0n) is 10.9. The van der Waals surface area contributed by atoms with Gasteiger partial charge in [-0.2, -0.15) is 13.2 Å². The number of carboxylic acids is 1. The monoisotopic (exact) mass is 283 g/mol. The minimum Gasteiger partial charge on any atom is -0.481 e. The van der Waals surface area contributed by atoms with Crippen LogP contribution in [0.3, 0.4) is 0 Å². The van der Waals surface area contributed by atoms with Gasteiger partial charge in [0.2, 0.25) is 0 Å². The average Bonchev–Trinajstić information content (AvgIpc) is 2.73. The van der Waals surface area contributed by atoms with Gasteiger partial charge in [-0.1, -0.05) is 0 Å². The highest BCUT2D eigenvalue weighted by molar-refractivity contribution is 5.86. The summed E-state index contributed by atoms with van der Waals surface area (Å²) in [4.78, 5) is 23.8. The first-order chi connectivity index (χ1) is 8.48. The molecule has 1 N–H and O–H groups in total. The first-order valence-electron chi connectivity index (χ1n) is 5.62. The summed E-state index contributed by atoms with van der Waals surface area (Å²) in [6.45, 7) is 1.71. The molecule has 0 bridgehead atoms. The SMILES string of the molecule is COC(C)(C)C(=O)N1CCC(C(=O)O)(C(F)(F)F)C1. The van der Waals surface area contributed by atoms with Gasteiger partial charge in [0.05, 0.1) is 0 Å². The highest BCUT2D eigenvalue weighted by atomic mass is 19.4. The van der Waals surface area contributed by atoms with Crippen molar-refractivity contribution in [2.24, 2.45) is 5.41 Å². The molecule has 1 saturated heterocycles. The van der Waals surface area contributed by atoms with E-state index in [2.05, 4.69) is 0 Å². The van der Waals surface area contributed by atoms with Crippen molar-refractivity contribution < 1.29 is 32.6 Å². The van der Waals surface area contributed by atoms with E-state index in [4.69, 9.17) is 9.84 Å². The number of ether oxygens (including phenoxy) is 1. The lowest BCUT2D eigenvalue weighted by atomic mass is 9.86. The number of carbonyl (C=O) groups excluding carboxylic acids is 1. The van der Waals surface area contributed by atoms with E-state index in [1.54, 1.807) is 0 Å². The van der Waals surface area contributed by atoms with Gasteiger partial charge in [0, 0.05) is 20.2 Å². The molecule has 0 aromatic carbocycles. The van der Waals surface area contributed by atoms with Crippen LogP contribution in [0.1, 0.15) is 20.3 Å². The second-order valence-corrected chi connectivity index (χ2v) is 5.08. The number of carboxylic acid groups (broad SMARTS) is 1. The molecule has 1 fully saturated rings. The Morgan fingerprint density at radius 3 is 2.16 bits per heavy atom. The van der Waals surface area contributed by atoms with E-state index < -0.39 is 42.0 Å². The Balaban J connectivity index is 2.99. The number of hydrogen-bond donors (Lipinski definition) is 1. The quantitative estimate of drug-likeness (QED) is 0.847. The zero-order chi connectivity index (χ0) is 15.1. The molecule has 1 atom stereocenters. The molecule has 1 heterocycles. The lowest BCUT2D eigenvalue weighted by Crippen LogP contribution is -2.50. The lowest BCUT2D eigenvalue weighted by Gasteiger charge is -2.30. The molecular weight excluding hydrogens is 267 g/mol. The van der Waals surface area contributed by atoms with E-state index in [-0.39, 0.29) is 6.54 Å². The fourth-order valence-corrected chi connectivity index (χ4v) is 1.98. The Labute approximate surface area is 108 Å². The number of aliphatic carboxylic acids is 1. The third-order valence-electron chi connectivity index (χ3n) is 3.53. The van der Waals surface area contributed by atoms with Gasteiger partial charge in [-0.05, 0) is 20.3 Å². The van der Waals surface area contributed by atoms with E-state index in [1.807, 2.05) is 0 Å². The molecule has 0 aromatic rings. The molecular formula is C11H16F3NO4. The molecule has 1 aliphatic rings. The maximum absolute atomic E-state index is 12.9. The third kappa shape index (κ3) is 2.54. The Morgan fingerprint density at radius 1 is 1.32 bits per heavy atom. The molecule has 110 valence electrons. The number of nitrogens with zero attached hydrogens (tertiary/aromatic N) is 1. The van der Waals surface area contributed by atoms with Crippen LogP contribution in [0.4, 0.5) is 13.2 Å². The summed E-state index contributed by atoms with van der Waals surface area (Å²) in [6.07, 6.45) is -5.54. The Kier molecular flexibility index (Phi) is 3.86. The van der Waals surface area contributed by atoms with E-state index in [1.165, 1.54) is 21.0 Å². The third-order valence-corrected chi connectivity index (χ3v) is 3.53. The minimum atomic E-state index is -4.90. The topological polar surface area (TPSA) is 66.8 Å². The fourth-order valence-electron chi connectivity index (χ4n) is 1.98. The van der Waals surface area contributed by atoms with E-state index in [9.17, 15) is 22.8 Å². The van der Waals surface area contributed by atoms with Gasteiger partial charge in [0.15, 0.2) is 5.41 Å². The van der Waals surface area contributed by atoms with Crippen molar-refractivity contribution in [2.75, 3.05) is 20.2 Å².